The number of pyridine rings is 1. The summed E-state index contributed by atoms with van der Waals surface area (Å²) in [4.78, 5) is 24.0. The summed E-state index contributed by atoms with van der Waals surface area (Å²) >= 11 is 0. The van der Waals surface area contributed by atoms with Gasteiger partial charge < -0.3 is 25.2 Å². The minimum atomic E-state index is -3.84. The molecule has 1 amide bonds. The molecule has 0 spiro atoms. The first kappa shape index (κ1) is 24.3. The van der Waals surface area contributed by atoms with Gasteiger partial charge >= 0.3 is 10.2 Å². The summed E-state index contributed by atoms with van der Waals surface area (Å²) < 4.78 is 35.7. The molecule has 5 rings (SSSR count). The highest BCUT2D eigenvalue weighted by atomic mass is 32.2. The molecular weight excluding hydrogens is 482 g/mol. The normalized spacial score (nSPS) is 21.8. The van der Waals surface area contributed by atoms with Crippen LogP contribution >= 0.6 is 0 Å². The topological polar surface area (TPSA) is 133 Å². The number of carbonyl (C=O) groups is 1. The molecule has 1 aromatic carbocycles. The molecule has 0 saturated carbocycles. The highest BCUT2D eigenvalue weighted by Gasteiger charge is 2.27. The predicted molar refractivity (Wildman–Crippen MR) is 138 cm³/mol. The minimum Gasteiger partial charge on any atom is -0.492 e. The van der Waals surface area contributed by atoms with Crippen LogP contribution in [0.2, 0.25) is 0 Å². The van der Waals surface area contributed by atoms with Crippen LogP contribution in [0.5, 0.6) is 5.75 Å². The summed E-state index contributed by atoms with van der Waals surface area (Å²) in [6, 6.07) is 10.7. The Morgan fingerprint density at radius 3 is 2.72 bits per heavy atom. The average Bonchev–Trinajstić information content (AvgIpc) is 2.87. The van der Waals surface area contributed by atoms with E-state index >= 15 is 0 Å². The molecule has 0 aliphatic carbocycles. The van der Waals surface area contributed by atoms with E-state index in [9.17, 15) is 13.2 Å². The molecule has 12 heteroatoms. The van der Waals surface area contributed by atoms with Crippen LogP contribution in [-0.4, -0.2) is 87.9 Å². The van der Waals surface area contributed by atoms with Crippen LogP contribution in [0.3, 0.4) is 0 Å². The fourth-order valence-electron chi connectivity index (χ4n) is 4.84. The van der Waals surface area contributed by atoms with Crippen molar-refractivity contribution in [3.8, 4) is 5.75 Å². The number of fused-ring (bicyclic) bond motifs is 1. The highest BCUT2D eigenvalue weighted by Crippen LogP contribution is 2.31. The van der Waals surface area contributed by atoms with Gasteiger partial charge in [0.15, 0.2) is 5.84 Å². The summed E-state index contributed by atoms with van der Waals surface area (Å²) in [5.41, 5.74) is 7.22. The van der Waals surface area contributed by atoms with Crippen molar-refractivity contribution in [3.05, 3.63) is 47.7 Å². The number of hydrogen-bond acceptors (Lipinski definition) is 8. The molecule has 2 fully saturated rings. The number of aromatic nitrogens is 1. The molecular formula is C24H31N7O4S. The lowest BCUT2D eigenvalue weighted by Crippen LogP contribution is -2.47. The van der Waals surface area contributed by atoms with E-state index in [4.69, 9.17) is 15.5 Å². The van der Waals surface area contributed by atoms with Crippen molar-refractivity contribution in [1.82, 2.24) is 14.8 Å². The molecule has 192 valence electrons. The van der Waals surface area contributed by atoms with Crippen molar-refractivity contribution in [2.24, 2.45) is 16.0 Å². The standard InChI is InChI=1S/C24H31N7O4S/c1-29-11-13-30(14-12-29)24(32)19-7-3-9-21(26-19)31-10-4-5-17(15-31)16-35-20-8-2-6-18-22(20)23(25)28-36(33,34)27-18/h2-3,6-9,17,27H,4-5,10-16H2,1H3,(H2,25,28)/t17-/m0/s1. The van der Waals surface area contributed by atoms with Crippen LogP contribution < -0.4 is 20.1 Å². The molecule has 36 heavy (non-hydrogen) atoms. The van der Waals surface area contributed by atoms with Crippen LogP contribution in [0.4, 0.5) is 11.5 Å². The molecule has 0 radical (unpaired) electrons. The Hall–Kier alpha value is -3.38. The number of benzene rings is 1. The van der Waals surface area contributed by atoms with Gasteiger partial charge in [0.2, 0.25) is 0 Å². The van der Waals surface area contributed by atoms with E-state index in [1.54, 1.807) is 24.3 Å². The number of piperazine rings is 1. The zero-order valence-corrected chi connectivity index (χ0v) is 21.1. The van der Waals surface area contributed by atoms with Crippen LogP contribution in [0.1, 0.15) is 28.9 Å². The van der Waals surface area contributed by atoms with Gasteiger partial charge in [-0.15, -0.1) is 4.40 Å². The number of nitrogens with zero attached hydrogens (tertiary/aromatic N) is 5. The van der Waals surface area contributed by atoms with Crippen molar-refractivity contribution in [3.63, 3.8) is 0 Å². The molecule has 4 heterocycles. The van der Waals surface area contributed by atoms with E-state index in [2.05, 4.69) is 26.0 Å². The molecule has 2 aromatic rings. The third kappa shape index (κ3) is 5.24. The van der Waals surface area contributed by atoms with Crippen molar-refractivity contribution < 1.29 is 17.9 Å². The van der Waals surface area contributed by atoms with Crippen molar-refractivity contribution in [2.45, 2.75) is 12.8 Å². The molecule has 3 aliphatic rings. The lowest BCUT2D eigenvalue weighted by molar-refractivity contribution is 0.0658. The number of amides is 1. The van der Waals surface area contributed by atoms with Crippen molar-refractivity contribution >= 4 is 33.5 Å². The Bertz CT molecular complexity index is 1270. The fourth-order valence-corrected chi connectivity index (χ4v) is 5.69. The molecule has 3 aliphatic heterocycles. The number of likely N-dealkylation sites (N-methyl/N-ethyl adjacent to an activating group) is 1. The van der Waals surface area contributed by atoms with Gasteiger partial charge in [0, 0.05) is 45.2 Å². The second-order valence-electron chi connectivity index (χ2n) is 9.47. The zero-order chi connectivity index (χ0) is 25.3. The third-order valence-corrected chi connectivity index (χ3v) is 7.72. The third-order valence-electron chi connectivity index (χ3n) is 6.80. The van der Waals surface area contributed by atoms with E-state index in [1.807, 2.05) is 17.0 Å². The highest BCUT2D eigenvalue weighted by molar-refractivity contribution is 7.91. The molecule has 11 nitrogen and oxygen atoms in total. The number of rotatable bonds is 5. The SMILES string of the molecule is CN1CCN(C(=O)c2cccc(N3CCC[C@H](COc4cccc5c4C(N)=NS(=O)(=O)N5)C3)n2)CC1. The second kappa shape index (κ2) is 9.94. The van der Waals surface area contributed by atoms with Crippen LogP contribution in [0.15, 0.2) is 40.8 Å². The second-order valence-corrected chi connectivity index (χ2v) is 10.8. The number of amidine groups is 1. The monoisotopic (exact) mass is 513 g/mol. The zero-order valence-electron chi connectivity index (χ0n) is 20.3. The summed E-state index contributed by atoms with van der Waals surface area (Å²) in [5, 5.41) is 0. The van der Waals surface area contributed by atoms with Crippen LogP contribution in [0.25, 0.3) is 0 Å². The largest absolute Gasteiger partial charge is 0.492 e. The number of hydrogen-bond donors (Lipinski definition) is 2. The maximum atomic E-state index is 13.0. The Morgan fingerprint density at radius 1 is 1.14 bits per heavy atom. The quantitative estimate of drug-likeness (QED) is 0.608. The molecule has 0 unspecified atom stereocenters. The molecule has 0 bridgehead atoms. The van der Waals surface area contributed by atoms with E-state index in [0.29, 0.717) is 42.4 Å². The molecule has 3 N–H and O–H groups in total. The smallest absolute Gasteiger partial charge is 0.344 e. The number of nitrogens with two attached hydrogens (primary N) is 1. The number of carbonyl (C=O) groups excluding carboxylic acids is 1. The summed E-state index contributed by atoms with van der Waals surface area (Å²) in [7, 11) is -1.78. The molecule has 2 saturated heterocycles. The number of nitrogens with one attached hydrogen (secondary N) is 1. The van der Waals surface area contributed by atoms with E-state index < -0.39 is 10.2 Å². The van der Waals surface area contributed by atoms with Gasteiger partial charge in [0.05, 0.1) is 17.9 Å². The number of ether oxygens (including phenoxy) is 1. The van der Waals surface area contributed by atoms with Crippen molar-refractivity contribution in [1.29, 1.82) is 0 Å². The first-order valence-electron chi connectivity index (χ1n) is 12.1. The van der Waals surface area contributed by atoms with E-state index in [-0.39, 0.29) is 17.7 Å². The van der Waals surface area contributed by atoms with E-state index in [0.717, 1.165) is 44.8 Å². The maximum absolute atomic E-state index is 13.0. The van der Waals surface area contributed by atoms with Gasteiger partial charge in [-0.25, -0.2) is 4.98 Å². The molecule has 1 atom stereocenters. The average molecular weight is 514 g/mol. The summed E-state index contributed by atoms with van der Waals surface area (Å²) in [5.74, 6) is 1.40. The van der Waals surface area contributed by atoms with Gasteiger partial charge in [0.1, 0.15) is 17.3 Å². The maximum Gasteiger partial charge on any atom is 0.344 e. The van der Waals surface area contributed by atoms with Crippen LogP contribution in [0, 0.1) is 5.92 Å². The van der Waals surface area contributed by atoms with Gasteiger partial charge in [-0.3, -0.25) is 9.52 Å². The Kier molecular flexibility index (Phi) is 6.71. The van der Waals surface area contributed by atoms with Gasteiger partial charge in [-0.05, 0) is 44.2 Å². The van der Waals surface area contributed by atoms with Gasteiger partial charge in [-0.2, -0.15) is 8.42 Å². The summed E-state index contributed by atoms with van der Waals surface area (Å²) in [6.45, 7) is 5.20. The number of anilines is 2. The number of piperidine rings is 1. The fraction of sp³-hybridized carbons (Fsp3) is 0.458. The Labute approximate surface area is 211 Å². The van der Waals surface area contributed by atoms with Gasteiger partial charge in [0.25, 0.3) is 5.91 Å². The minimum absolute atomic E-state index is 0.0226. The van der Waals surface area contributed by atoms with Crippen LogP contribution in [-0.2, 0) is 10.2 Å². The lowest BCUT2D eigenvalue weighted by Gasteiger charge is -2.34. The predicted octanol–water partition coefficient (Wildman–Crippen LogP) is 1.14. The summed E-state index contributed by atoms with van der Waals surface area (Å²) in [6.07, 6.45) is 1.96. The first-order chi connectivity index (χ1) is 17.3. The Morgan fingerprint density at radius 2 is 1.92 bits per heavy atom. The van der Waals surface area contributed by atoms with E-state index in [1.165, 1.54) is 0 Å². The lowest BCUT2D eigenvalue weighted by atomic mass is 9.99. The van der Waals surface area contributed by atoms with Gasteiger partial charge in [-0.1, -0.05) is 12.1 Å². The first-order valence-corrected chi connectivity index (χ1v) is 13.6. The Balaban J connectivity index is 1.24. The molecule has 1 aromatic heterocycles. The van der Waals surface area contributed by atoms with Crippen molar-refractivity contribution in [2.75, 3.05) is 62.5 Å².